The highest BCUT2D eigenvalue weighted by atomic mass is 35.5. The number of amides is 1. The molecule has 0 radical (unpaired) electrons. The minimum Gasteiger partial charge on any atom is -0.490 e. The van der Waals surface area contributed by atoms with Gasteiger partial charge in [0.25, 0.3) is 5.91 Å². The normalized spacial score (nSPS) is 20.8. The third kappa shape index (κ3) is 3.74. The van der Waals surface area contributed by atoms with Gasteiger partial charge in [0.15, 0.2) is 10.8 Å². The fraction of sp³-hybridized carbons (Fsp3) is 0.417. The molecule has 3 heterocycles. The van der Waals surface area contributed by atoms with Crippen molar-refractivity contribution in [2.45, 2.75) is 43.7 Å². The van der Waals surface area contributed by atoms with Crippen molar-refractivity contribution >= 4 is 46.2 Å². The summed E-state index contributed by atoms with van der Waals surface area (Å²) in [6, 6.07) is 11.4. The van der Waals surface area contributed by atoms with Crippen molar-refractivity contribution in [1.29, 1.82) is 5.26 Å². The summed E-state index contributed by atoms with van der Waals surface area (Å²) in [7, 11) is 2.13. The van der Waals surface area contributed by atoms with Crippen molar-refractivity contribution in [3.63, 3.8) is 0 Å². The highest BCUT2D eigenvalue weighted by Gasteiger charge is 2.59. The predicted octanol–water partition coefficient (Wildman–Crippen LogP) is 4.14. The molecule has 1 aromatic heterocycles. The second kappa shape index (κ2) is 8.56. The van der Waals surface area contributed by atoms with Crippen LogP contribution in [0.3, 0.4) is 0 Å². The Hall–Kier alpha value is -2.73. The van der Waals surface area contributed by atoms with Crippen molar-refractivity contribution in [3.05, 3.63) is 47.2 Å². The molecule has 2 aliphatic heterocycles. The Morgan fingerprint density at radius 2 is 1.91 bits per heavy atom. The van der Waals surface area contributed by atoms with Gasteiger partial charge in [-0.25, -0.2) is 4.98 Å². The molecule has 0 N–H and O–H groups in total. The standard InChI is InChI=1S/C24H24ClN5O2S/c1-28-11-7-19(8-12-28)32-18-5-3-16(4-6-18)30-23(33)29(22(31)24(30)9-2-10-24)17-13-20(25)21(14-26)27-15-17/h3-6,13,15,19H,2,7-12H2,1H3. The fourth-order valence-corrected chi connectivity index (χ4v) is 5.48. The number of hydrogen-bond donors (Lipinski definition) is 0. The van der Waals surface area contributed by atoms with Crippen molar-refractivity contribution in [1.82, 2.24) is 9.88 Å². The SMILES string of the molecule is CN1CCC(Oc2ccc(N3C(=S)N(c4cnc(C#N)c(Cl)c4)C(=O)C34CCC4)cc2)CC1. The lowest BCUT2D eigenvalue weighted by molar-refractivity contribution is -0.123. The Morgan fingerprint density at radius 3 is 2.48 bits per heavy atom. The summed E-state index contributed by atoms with van der Waals surface area (Å²) in [5.74, 6) is 0.750. The van der Waals surface area contributed by atoms with Crippen LogP contribution < -0.4 is 14.5 Å². The van der Waals surface area contributed by atoms with E-state index in [9.17, 15) is 4.79 Å². The van der Waals surface area contributed by atoms with Crippen molar-refractivity contribution in [2.24, 2.45) is 0 Å². The molecule has 3 aliphatic rings. The lowest BCUT2D eigenvalue weighted by atomic mass is 9.75. The number of pyridine rings is 1. The molecule has 1 aliphatic carbocycles. The van der Waals surface area contributed by atoms with Crippen LogP contribution in [0.15, 0.2) is 36.5 Å². The van der Waals surface area contributed by atoms with Crippen molar-refractivity contribution in [2.75, 3.05) is 29.9 Å². The number of hydrogen-bond acceptors (Lipinski definition) is 6. The first-order valence-corrected chi connectivity index (χ1v) is 11.9. The average Bonchev–Trinajstić information content (AvgIpc) is 3.02. The minimum atomic E-state index is -0.687. The second-order valence-electron chi connectivity index (χ2n) is 8.89. The smallest absolute Gasteiger partial charge is 0.259 e. The molecule has 1 aromatic carbocycles. The van der Waals surface area contributed by atoms with Crippen LogP contribution >= 0.6 is 23.8 Å². The number of anilines is 2. The number of rotatable bonds is 4. The topological polar surface area (TPSA) is 72.7 Å². The number of thiocarbonyl (C=S) groups is 1. The minimum absolute atomic E-state index is 0.0759. The summed E-state index contributed by atoms with van der Waals surface area (Å²) in [5.41, 5.74) is 0.769. The van der Waals surface area contributed by atoms with Crippen LogP contribution in [0.2, 0.25) is 5.02 Å². The van der Waals surface area contributed by atoms with E-state index in [0.717, 1.165) is 56.6 Å². The Labute approximate surface area is 203 Å². The molecule has 2 saturated heterocycles. The maximum atomic E-state index is 13.6. The van der Waals surface area contributed by atoms with Crippen LogP contribution in [0.4, 0.5) is 11.4 Å². The van der Waals surface area contributed by atoms with Gasteiger partial charge in [0.05, 0.1) is 16.9 Å². The van der Waals surface area contributed by atoms with E-state index in [1.165, 1.54) is 11.1 Å². The van der Waals surface area contributed by atoms with E-state index >= 15 is 0 Å². The van der Waals surface area contributed by atoms with Gasteiger partial charge in [-0.3, -0.25) is 9.69 Å². The maximum Gasteiger partial charge on any atom is 0.259 e. The lowest BCUT2D eigenvalue weighted by Crippen LogP contribution is -2.55. The highest BCUT2D eigenvalue weighted by molar-refractivity contribution is 7.81. The molecule has 1 spiro atoms. The van der Waals surface area contributed by atoms with E-state index in [2.05, 4.69) is 16.9 Å². The quantitative estimate of drug-likeness (QED) is 0.607. The molecule has 1 amide bonds. The first kappa shape index (κ1) is 22.1. The number of aromatic nitrogens is 1. The molecule has 7 nitrogen and oxygen atoms in total. The van der Waals surface area contributed by atoms with Crippen LogP contribution in [0.25, 0.3) is 0 Å². The van der Waals surface area contributed by atoms with Crippen LogP contribution in [-0.4, -0.2) is 52.7 Å². The van der Waals surface area contributed by atoms with E-state index < -0.39 is 5.54 Å². The summed E-state index contributed by atoms with van der Waals surface area (Å²) < 4.78 is 6.18. The van der Waals surface area contributed by atoms with Gasteiger partial charge in [-0.05, 0) is 81.7 Å². The molecule has 0 unspecified atom stereocenters. The first-order valence-electron chi connectivity index (χ1n) is 11.1. The number of nitrogens with zero attached hydrogens (tertiary/aromatic N) is 5. The van der Waals surface area contributed by atoms with Crippen molar-refractivity contribution in [3.8, 4) is 11.8 Å². The van der Waals surface area contributed by atoms with Gasteiger partial charge >= 0.3 is 0 Å². The number of ether oxygens (including phenoxy) is 1. The van der Waals surface area contributed by atoms with Gasteiger partial charge in [-0.1, -0.05) is 11.6 Å². The molecule has 0 atom stereocenters. The molecular formula is C24H24ClN5O2S. The third-order valence-electron chi connectivity index (χ3n) is 6.85. The van der Waals surface area contributed by atoms with Crippen LogP contribution in [-0.2, 0) is 4.79 Å². The molecule has 33 heavy (non-hydrogen) atoms. The molecular weight excluding hydrogens is 458 g/mol. The molecule has 3 fully saturated rings. The van der Waals surface area contributed by atoms with Gasteiger partial charge in [0, 0.05) is 18.8 Å². The largest absolute Gasteiger partial charge is 0.490 e. The van der Waals surface area contributed by atoms with E-state index in [4.69, 9.17) is 33.8 Å². The number of piperidine rings is 1. The number of halogens is 1. The monoisotopic (exact) mass is 481 g/mol. The number of benzene rings is 1. The molecule has 1 saturated carbocycles. The maximum absolute atomic E-state index is 13.6. The molecule has 0 bridgehead atoms. The van der Waals surface area contributed by atoms with E-state index in [1.54, 1.807) is 6.07 Å². The summed E-state index contributed by atoms with van der Waals surface area (Å²) >= 11 is 12.0. The van der Waals surface area contributed by atoms with Gasteiger partial charge in [-0.2, -0.15) is 5.26 Å². The number of nitriles is 1. The van der Waals surface area contributed by atoms with Crippen LogP contribution in [0.5, 0.6) is 5.75 Å². The third-order valence-corrected chi connectivity index (χ3v) is 7.50. The summed E-state index contributed by atoms with van der Waals surface area (Å²) in [6.45, 7) is 2.08. The van der Waals surface area contributed by atoms with Crippen LogP contribution in [0, 0.1) is 11.3 Å². The Bertz CT molecular complexity index is 1140. The Kier molecular flexibility index (Phi) is 5.73. The number of carbonyl (C=O) groups excluding carboxylic acids is 1. The average molecular weight is 482 g/mol. The zero-order valence-corrected chi connectivity index (χ0v) is 19.9. The summed E-state index contributed by atoms with van der Waals surface area (Å²) in [4.78, 5) is 23.4. The van der Waals surface area contributed by atoms with Gasteiger partial charge in [0.2, 0.25) is 0 Å². The van der Waals surface area contributed by atoms with E-state index in [-0.39, 0.29) is 22.7 Å². The van der Waals surface area contributed by atoms with Crippen molar-refractivity contribution < 1.29 is 9.53 Å². The van der Waals surface area contributed by atoms with Gasteiger partial charge in [0.1, 0.15) is 23.5 Å². The summed E-state index contributed by atoms with van der Waals surface area (Å²) in [5, 5.41) is 9.70. The summed E-state index contributed by atoms with van der Waals surface area (Å²) in [6.07, 6.45) is 6.15. The second-order valence-corrected chi connectivity index (χ2v) is 9.67. The van der Waals surface area contributed by atoms with Gasteiger partial charge < -0.3 is 14.5 Å². The molecule has 5 rings (SSSR count). The Morgan fingerprint density at radius 1 is 1.21 bits per heavy atom. The zero-order chi connectivity index (χ0) is 23.2. The molecule has 170 valence electrons. The molecule has 9 heteroatoms. The zero-order valence-electron chi connectivity index (χ0n) is 18.3. The van der Waals surface area contributed by atoms with Crippen LogP contribution in [0.1, 0.15) is 37.8 Å². The number of carbonyl (C=O) groups is 1. The first-order chi connectivity index (χ1) is 15.9. The van der Waals surface area contributed by atoms with Gasteiger partial charge in [-0.15, -0.1) is 0 Å². The van der Waals surface area contributed by atoms with E-state index in [0.29, 0.717) is 10.8 Å². The predicted molar refractivity (Wildman–Crippen MR) is 131 cm³/mol. The highest BCUT2D eigenvalue weighted by Crippen LogP contribution is 2.48. The fourth-order valence-electron chi connectivity index (χ4n) is 4.81. The number of likely N-dealkylation sites (tertiary alicyclic amines) is 1. The molecule has 2 aromatic rings. The lowest BCUT2D eigenvalue weighted by Gasteiger charge is -2.43. The van der Waals surface area contributed by atoms with E-state index in [1.807, 2.05) is 35.2 Å². The Balaban J connectivity index is 1.40.